The molecule has 0 spiro atoms. The molecule has 7 heteroatoms. The number of hydrogen-bond acceptors (Lipinski definition) is 4. The lowest BCUT2D eigenvalue weighted by molar-refractivity contribution is -0.119. The van der Waals surface area contributed by atoms with Gasteiger partial charge in [-0.3, -0.25) is 4.79 Å². The Labute approximate surface area is 107 Å². The first kappa shape index (κ1) is 14.5. The van der Waals surface area contributed by atoms with Crippen LogP contribution in [0.3, 0.4) is 0 Å². The van der Waals surface area contributed by atoms with Crippen molar-refractivity contribution in [2.45, 2.75) is 11.8 Å². The standard InChI is InChI=1S/C11H17N3O3S/c1-3-13-11(15)8-14-9-4-6-10(7-5-9)18(16,17)12-2/h4-7,12,14H,3,8H2,1-2H3,(H,13,15). The summed E-state index contributed by atoms with van der Waals surface area (Å²) in [6, 6.07) is 6.19. The first-order chi connectivity index (χ1) is 8.49. The zero-order valence-corrected chi connectivity index (χ0v) is 11.2. The number of benzene rings is 1. The van der Waals surface area contributed by atoms with Crippen LogP contribution in [0, 0.1) is 0 Å². The van der Waals surface area contributed by atoms with E-state index in [0.29, 0.717) is 12.2 Å². The van der Waals surface area contributed by atoms with Crippen molar-refractivity contribution in [1.29, 1.82) is 0 Å². The number of anilines is 1. The fourth-order valence-corrected chi connectivity index (χ4v) is 2.04. The van der Waals surface area contributed by atoms with Gasteiger partial charge in [-0.05, 0) is 38.2 Å². The molecule has 1 amide bonds. The molecule has 0 fully saturated rings. The topological polar surface area (TPSA) is 87.3 Å². The molecule has 1 aromatic rings. The summed E-state index contributed by atoms with van der Waals surface area (Å²) in [4.78, 5) is 11.4. The highest BCUT2D eigenvalue weighted by molar-refractivity contribution is 7.89. The van der Waals surface area contributed by atoms with E-state index in [4.69, 9.17) is 0 Å². The summed E-state index contributed by atoms with van der Waals surface area (Å²) in [5.41, 5.74) is 0.691. The summed E-state index contributed by atoms with van der Waals surface area (Å²) < 4.78 is 25.2. The maximum absolute atomic E-state index is 11.5. The zero-order chi connectivity index (χ0) is 13.6. The van der Waals surface area contributed by atoms with E-state index in [0.717, 1.165) is 0 Å². The predicted molar refractivity (Wildman–Crippen MR) is 69.9 cm³/mol. The lowest BCUT2D eigenvalue weighted by atomic mass is 10.3. The van der Waals surface area contributed by atoms with Crippen LogP contribution >= 0.6 is 0 Å². The molecule has 0 aliphatic carbocycles. The van der Waals surface area contributed by atoms with Gasteiger partial charge in [0, 0.05) is 12.2 Å². The van der Waals surface area contributed by atoms with Gasteiger partial charge in [-0.1, -0.05) is 0 Å². The van der Waals surface area contributed by atoms with Gasteiger partial charge in [-0.25, -0.2) is 13.1 Å². The fraction of sp³-hybridized carbons (Fsp3) is 0.364. The van der Waals surface area contributed by atoms with Crippen LogP contribution < -0.4 is 15.4 Å². The quantitative estimate of drug-likeness (QED) is 0.687. The summed E-state index contributed by atoms with van der Waals surface area (Å²) in [5, 5.41) is 5.55. The highest BCUT2D eigenvalue weighted by Crippen LogP contribution is 2.13. The van der Waals surface area contributed by atoms with Crippen molar-refractivity contribution in [2.24, 2.45) is 0 Å². The zero-order valence-electron chi connectivity index (χ0n) is 10.4. The van der Waals surface area contributed by atoms with E-state index < -0.39 is 10.0 Å². The number of hydrogen-bond donors (Lipinski definition) is 3. The Bertz CT molecular complexity index is 497. The smallest absolute Gasteiger partial charge is 0.240 e. The maximum Gasteiger partial charge on any atom is 0.240 e. The van der Waals surface area contributed by atoms with E-state index in [1.807, 2.05) is 6.92 Å². The second-order valence-corrected chi connectivity index (χ2v) is 5.43. The summed E-state index contributed by atoms with van der Waals surface area (Å²) in [5.74, 6) is -0.107. The lowest BCUT2D eigenvalue weighted by Gasteiger charge is -2.07. The fourth-order valence-electron chi connectivity index (χ4n) is 1.31. The molecule has 0 saturated heterocycles. The number of nitrogens with one attached hydrogen (secondary N) is 3. The molecule has 1 rings (SSSR count). The van der Waals surface area contributed by atoms with E-state index in [2.05, 4.69) is 15.4 Å². The first-order valence-corrected chi connectivity index (χ1v) is 7.02. The van der Waals surface area contributed by atoms with Crippen LogP contribution in [0.1, 0.15) is 6.92 Å². The van der Waals surface area contributed by atoms with E-state index in [9.17, 15) is 13.2 Å². The molecule has 0 heterocycles. The van der Waals surface area contributed by atoms with Crippen LogP contribution in [0.25, 0.3) is 0 Å². The van der Waals surface area contributed by atoms with Crippen molar-refractivity contribution in [3.8, 4) is 0 Å². The Hall–Kier alpha value is -1.60. The van der Waals surface area contributed by atoms with Gasteiger partial charge in [0.25, 0.3) is 0 Å². The molecule has 1 aromatic carbocycles. The highest BCUT2D eigenvalue weighted by Gasteiger charge is 2.10. The molecule has 0 atom stereocenters. The summed E-state index contributed by atoms with van der Waals surface area (Å²) in [6.07, 6.45) is 0. The minimum absolute atomic E-state index is 0.107. The monoisotopic (exact) mass is 271 g/mol. The molecule has 0 aliphatic rings. The third-order valence-corrected chi connectivity index (χ3v) is 3.69. The van der Waals surface area contributed by atoms with E-state index >= 15 is 0 Å². The number of likely N-dealkylation sites (N-methyl/N-ethyl adjacent to an activating group) is 1. The van der Waals surface area contributed by atoms with E-state index in [1.54, 1.807) is 12.1 Å². The summed E-state index contributed by atoms with van der Waals surface area (Å²) in [6.45, 7) is 2.58. The van der Waals surface area contributed by atoms with E-state index in [1.165, 1.54) is 19.2 Å². The molecular weight excluding hydrogens is 254 g/mol. The Balaban J connectivity index is 2.64. The minimum atomic E-state index is -3.41. The number of carbonyl (C=O) groups excluding carboxylic acids is 1. The lowest BCUT2D eigenvalue weighted by Crippen LogP contribution is -2.29. The molecule has 100 valence electrons. The highest BCUT2D eigenvalue weighted by atomic mass is 32.2. The average molecular weight is 271 g/mol. The molecule has 0 aliphatic heterocycles. The van der Waals surface area contributed by atoms with Gasteiger partial charge < -0.3 is 10.6 Å². The van der Waals surface area contributed by atoms with Crippen LogP contribution in [-0.2, 0) is 14.8 Å². The summed E-state index contributed by atoms with van der Waals surface area (Å²) >= 11 is 0. The van der Waals surface area contributed by atoms with Gasteiger partial charge in [0.15, 0.2) is 0 Å². The van der Waals surface area contributed by atoms with Crippen LogP contribution in [-0.4, -0.2) is 34.5 Å². The molecule has 6 nitrogen and oxygen atoms in total. The van der Waals surface area contributed by atoms with Gasteiger partial charge in [-0.2, -0.15) is 0 Å². The van der Waals surface area contributed by atoms with Crippen molar-refractivity contribution in [3.05, 3.63) is 24.3 Å². The molecule has 0 aromatic heterocycles. The Morgan fingerprint density at radius 2 is 1.83 bits per heavy atom. The maximum atomic E-state index is 11.5. The SMILES string of the molecule is CCNC(=O)CNc1ccc(S(=O)(=O)NC)cc1. The predicted octanol–water partition coefficient (Wildman–Crippen LogP) is 0.143. The van der Waals surface area contributed by atoms with Crippen LogP contribution in [0.15, 0.2) is 29.2 Å². The number of rotatable bonds is 6. The van der Waals surface area contributed by atoms with Crippen molar-refractivity contribution in [1.82, 2.24) is 10.0 Å². The van der Waals surface area contributed by atoms with Gasteiger partial charge in [0.05, 0.1) is 11.4 Å². The minimum Gasteiger partial charge on any atom is -0.376 e. The van der Waals surface area contributed by atoms with E-state index in [-0.39, 0.29) is 17.3 Å². The molecule has 0 unspecified atom stereocenters. The molecular formula is C11H17N3O3S. The second-order valence-electron chi connectivity index (χ2n) is 3.54. The Kier molecular flexibility index (Phi) is 5.11. The van der Waals surface area contributed by atoms with Gasteiger partial charge >= 0.3 is 0 Å². The molecule has 18 heavy (non-hydrogen) atoms. The number of amides is 1. The number of carbonyl (C=O) groups is 1. The second kappa shape index (κ2) is 6.36. The van der Waals surface area contributed by atoms with Crippen LogP contribution in [0.4, 0.5) is 5.69 Å². The van der Waals surface area contributed by atoms with Crippen molar-refractivity contribution >= 4 is 21.6 Å². The Morgan fingerprint density at radius 1 is 1.22 bits per heavy atom. The van der Waals surface area contributed by atoms with Crippen molar-refractivity contribution in [3.63, 3.8) is 0 Å². The molecule has 3 N–H and O–H groups in total. The van der Waals surface area contributed by atoms with Gasteiger partial charge in [0.1, 0.15) is 0 Å². The Morgan fingerprint density at radius 3 is 2.33 bits per heavy atom. The van der Waals surface area contributed by atoms with Gasteiger partial charge in [-0.15, -0.1) is 0 Å². The van der Waals surface area contributed by atoms with Crippen molar-refractivity contribution < 1.29 is 13.2 Å². The molecule has 0 bridgehead atoms. The van der Waals surface area contributed by atoms with Crippen LogP contribution in [0.5, 0.6) is 0 Å². The number of sulfonamides is 1. The third-order valence-electron chi connectivity index (χ3n) is 2.26. The molecule has 0 radical (unpaired) electrons. The van der Waals surface area contributed by atoms with Gasteiger partial charge in [0.2, 0.25) is 15.9 Å². The van der Waals surface area contributed by atoms with Crippen LogP contribution in [0.2, 0.25) is 0 Å². The third kappa shape index (κ3) is 4.01. The average Bonchev–Trinajstić information content (AvgIpc) is 2.37. The molecule has 0 saturated carbocycles. The summed E-state index contributed by atoms with van der Waals surface area (Å²) in [7, 11) is -2.05. The normalized spacial score (nSPS) is 11.0. The van der Waals surface area contributed by atoms with Crippen molar-refractivity contribution in [2.75, 3.05) is 25.5 Å². The first-order valence-electron chi connectivity index (χ1n) is 5.53. The largest absolute Gasteiger partial charge is 0.376 e.